The predicted molar refractivity (Wildman–Crippen MR) is 118 cm³/mol. The molecule has 0 amide bonds. The molecule has 0 spiro atoms. The maximum Gasteiger partial charge on any atom is 0.147 e. The summed E-state index contributed by atoms with van der Waals surface area (Å²) in [6.45, 7) is 5.64. The topological polar surface area (TPSA) is 46.5 Å². The van der Waals surface area contributed by atoms with Gasteiger partial charge in [0.05, 0.1) is 17.5 Å². The number of hydrogen-bond donors (Lipinski definition) is 1. The van der Waals surface area contributed by atoms with Crippen molar-refractivity contribution in [2.24, 2.45) is 40.9 Å². The molecule has 28 heavy (non-hydrogen) atoms. The van der Waals surface area contributed by atoms with Crippen LogP contribution in [0.4, 0.5) is 0 Å². The number of alkyl halides is 1. The van der Waals surface area contributed by atoms with Crippen LogP contribution in [0.5, 0.6) is 0 Å². The van der Waals surface area contributed by atoms with E-state index in [-0.39, 0.29) is 18.8 Å². The zero-order valence-electron chi connectivity index (χ0n) is 17.1. The van der Waals surface area contributed by atoms with Crippen molar-refractivity contribution >= 4 is 21.7 Å². The van der Waals surface area contributed by atoms with E-state index in [1.165, 1.54) is 38.5 Å². The minimum Gasteiger partial charge on any atom is -0.387 e. The normalized spacial score (nSPS) is 47.4. The molecule has 4 saturated carbocycles. The van der Waals surface area contributed by atoms with Gasteiger partial charge in [0.15, 0.2) is 0 Å². The summed E-state index contributed by atoms with van der Waals surface area (Å²) in [7, 11) is 0. The number of ketones is 1. The molecule has 0 aliphatic heterocycles. The van der Waals surface area contributed by atoms with Crippen LogP contribution in [0.2, 0.25) is 0 Å². The Kier molecular flexibility index (Phi) is 7.04. The van der Waals surface area contributed by atoms with Crippen LogP contribution in [0.1, 0.15) is 79.1 Å². The largest absolute Gasteiger partial charge is 0.387 e. The Labute approximate surface area is 180 Å². The smallest absolute Gasteiger partial charge is 0.147 e. The van der Waals surface area contributed by atoms with Crippen molar-refractivity contribution in [3.63, 3.8) is 0 Å². The van der Waals surface area contributed by atoms with E-state index in [9.17, 15) is 9.90 Å². The first-order valence-electron chi connectivity index (χ1n) is 11.3. The molecule has 0 bridgehead atoms. The fourth-order valence-electron chi connectivity index (χ4n) is 8.01. The number of rotatable bonds is 5. The van der Waals surface area contributed by atoms with Crippen molar-refractivity contribution in [2.75, 3.05) is 18.5 Å². The standard InChI is InChI=1S/C23H37BrO3.CH4/c1-3-27-14-23(26)11-9-16-15(12-23)4-5-18-17(16)8-10-22(2)19(18)6-7-20(22)21(25)13-24;/h15-20,26H,3-14H2,1-2H3;1H4/t15-,16-,17+,18+,19-,20?,22-,23+;/m0./s1. The van der Waals surface area contributed by atoms with E-state index in [1.807, 2.05) is 6.92 Å². The minimum absolute atomic E-state index is 0. The maximum atomic E-state index is 12.5. The summed E-state index contributed by atoms with van der Waals surface area (Å²) in [5, 5.41) is 11.5. The second-order valence-electron chi connectivity index (χ2n) is 10.3. The third-order valence-corrected chi connectivity index (χ3v) is 9.75. The van der Waals surface area contributed by atoms with Crippen LogP contribution in [-0.4, -0.2) is 35.0 Å². The van der Waals surface area contributed by atoms with Gasteiger partial charge in [-0.3, -0.25) is 4.79 Å². The van der Waals surface area contributed by atoms with Gasteiger partial charge in [-0.25, -0.2) is 0 Å². The van der Waals surface area contributed by atoms with E-state index in [0.717, 1.165) is 42.9 Å². The monoisotopic (exact) mass is 456 g/mol. The summed E-state index contributed by atoms with van der Waals surface area (Å²) in [5.74, 6) is 4.58. The second-order valence-corrected chi connectivity index (χ2v) is 10.9. The van der Waals surface area contributed by atoms with Crippen molar-refractivity contribution in [1.29, 1.82) is 0 Å². The van der Waals surface area contributed by atoms with Gasteiger partial charge >= 0.3 is 0 Å². The van der Waals surface area contributed by atoms with E-state index in [0.29, 0.717) is 30.2 Å². The molecular weight excluding hydrogens is 416 g/mol. The number of halogens is 1. The number of hydrogen-bond acceptors (Lipinski definition) is 3. The molecular formula is C24H41BrO3. The average molecular weight is 457 g/mol. The van der Waals surface area contributed by atoms with Gasteiger partial charge in [-0.1, -0.05) is 30.3 Å². The van der Waals surface area contributed by atoms with Crippen LogP contribution in [0.25, 0.3) is 0 Å². The lowest BCUT2D eigenvalue weighted by Crippen LogP contribution is -2.52. The molecule has 4 fully saturated rings. The van der Waals surface area contributed by atoms with Gasteiger partial charge < -0.3 is 9.84 Å². The lowest BCUT2D eigenvalue weighted by Gasteiger charge is -2.57. The summed E-state index contributed by atoms with van der Waals surface area (Å²) in [6, 6.07) is 0. The molecule has 162 valence electrons. The minimum atomic E-state index is -0.589. The van der Waals surface area contributed by atoms with Gasteiger partial charge in [0.2, 0.25) is 0 Å². The quantitative estimate of drug-likeness (QED) is 0.545. The number of fused-ring (bicyclic) bond motifs is 5. The number of carbonyl (C=O) groups excluding carboxylic acids is 1. The summed E-state index contributed by atoms with van der Waals surface area (Å²) in [6.07, 6.45) is 10.5. The molecule has 8 atom stereocenters. The Morgan fingerprint density at radius 3 is 2.54 bits per heavy atom. The summed E-state index contributed by atoms with van der Waals surface area (Å²) in [4.78, 5) is 12.5. The molecule has 3 nitrogen and oxygen atoms in total. The lowest BCUT2D eigenvalue weighted by molar-refractivity contribution is -0.136. The zero-order valence-corrected chi connectivity index (χ0v) is 18.7. The molecule has 1 N–H and O–H groups in total. The third kappa shape index (κ3) is 3.75. The molecule has 0 radical (unpaired) electrons. The van der Waals surface area contributed by atoms with Crippen LogP contribution in [0.15, 0.2) is 0 Å². The first-order valence-corrected chi connectivity index (χ1v) is 12.4. The van der Waals surface area contributed by atoms with E-state index >= 15 is 0 Å². The Bertz CT molecular complexity index is 566. The van der Waals surface area contributed by atoms with Gasteiger partial charge in [-0.2, -0.15) is 0 Å². The van der Waals surface area contributed by atoms with Gasteiger partial charge in [0.1, 0.15) is 5.78 Å². The van der Waals surface area contributed by atoms with Gasteiger partial charge in [0.25, 0.3) is 0 Å². The van der Waals surface area contributed by atoms with Gasteiger partial charge in [-0.15, -0.1) is 0 Å². The fourth-order valence-corrected chi connectivity index (χ4v) is 8.40. The van der Waals surface area contributed by atoms with Crippen LogP contribution >= 0.6 is 15.9 Å². The number of ether oxygens (including phenoxy) is 1. The summed E-state index contributed by atoms with van der Waals surface area (Å²) in [5.41, 5.74) is -0.350. The van der Waals surface area contributed by atoms with Crippen LogP contribution in [-0.2, 0) is 9.53 Å². The Balaban J connectivity index is 0.00000225. The first kappa shape index (κ1) is 22.7. The summed E-state index contributed by atoms with van der Waals surface area (Å²) < 4.78 is 5.59. The Morgan fingerprint density at radius 2 is 1.82 bits per heavy atom. The highest BCUT2D eigenvalue weighted by atomic mass is 79.9. The maximum absolute atomic E-state index is 12.5. The van der Waals surface area contributed by atoms with Crippen molar-refractivity contribution in [3.8, 4) is 0 Å². The van der Waals surface area contributed by atoms with E-state index in [1.54, 1.807) is 0 Å². The van der Waals surface area contributed by atoms with E-state index in [4.69, 9.17) is 4.74 Å². The molecule has 0 aromatic carbocycles. The zero-order chi connectivity index (χ0) is 19.2. The van der Waals surface area contributed by atoms with Gasteiger partial charge in [-0.05, 0) is 99.7 Å². The first-order chi connectivity index (χ1) is 12.9. The molecule has 4 rings (SSSR count). The van der Waals surface area contributed by atoms with Crippen molar-refractivity contribution in [2.45, 2.75) is 84.7 Å². The molecule has 4 aliphatic carbocycles. The summed E-state index contributed by atoms with van der Waals surface area (Å²) >= 11 is 3.42. The molecule has 4 heteroatoms. The third-order valence-electron chi connectivity index (χ3n) is 9.20. The molecule has 4 aliphatic rings. The van der Waals surface area contributed by atoms with Crippen LogP contribution < -0.4 is 0 Å². The highest BCUT2D eigenvalue weighted by Gasteiger charge is 2.58. The number of carbonyl (C=O) groups is 1. The number of Topliss-reactive ketones (excluding diaryl/α,β-unsaturated/α-hetero) is 1. The highest BCUT2D eigenvalue weighted by molar-refractivity contribution is 9.09. The number of aliphatic hydroxyl groups is 1. The van der Waals surface area contributed by atoms with Gasteiger partial charge in [0, 0.05) is 12.5 Å². The second kappa shape index (κ2) is 8.67. The van der Waals surface area contributed by atoms with Crippen LogP contribution in [0.3, 0.4) is 0 Å². The fraction of sp³-hybridized carbons (Fsp3) is 0.958. The molecule has 0 saturated heterocycles. The van der Waals surface area contributed by atoms with E-state index in [2.05, 4.69) is 22.9 Å². The molecule has 0 aromatic rings. The van der Waals surface area contributed by atoms with E-state index < -0.39 is 5.60 Å². The van der Waals surface area contributed by atoms with Crippen LogP contribution in [0, 0.1) is 40.9 Å². The van der Waals surface area contributed by atoms with Crippen molar-refractivity contribution < 1.29 is 14.6 Å². The highest BCUT2D eigenvalue weighted by Crippen LogP contribution is 2.64. The Morgan fingerprint density at radius 1 is 1.07 bits per heavy atom. The lowest BCUT2D eigenvalue weighted by atomic mass is 9.49. The average Bonchev–Trinajstić information content (AvgIpc) is 3.02. The molecule has 0 heterocycles. The van der Waals surface area contributed by atoms with Crippen molar-refractivity contribution in [1.82, 2.24) is 0 Å². The molecule has 1 unspecified atom stereocenters. The predicted octanol–water partition coefficient (Wildman–Crippen LogP) is 5.62. The van der Waals surface area contributed by atoms with Crippen molar-refractivity contribution in [3.05, 3.63) is 0 Å². The molecule has 0 aromatic heterocycles. The Hall–Kier alpha value is 0.0700. The SMILES string of the molecule is C.CCOC[C@@]1(O)CC[C@H]2[C@@H](CC[C@@H]3[C@@H]2CC[C@]2(C)C(C(=O)CBr)CC[C@@H]32)C1.